The van der Waals surface area contributed by atoms with Crippen LogP contribution in [0.2, 0.25) is 5.02 Å². The number of benzene rings is 2. The van der Waals surface area contributed by atoms with Gasteiger partial charge in [0, 0.05) is 12.1 Å². The molecule has 0 aromatic heterocycles. The summed E-state index contributed by atoms with van der Waals surface area (Å²) in [5.41, 5.74) is 3.84. The number of methoxy groups -OCH3 is 1. The average molecular weight is 430 g/mol. The molecule has 0 atom stereocenters. The SMILES string of the molecule is COC1CCC(NC(=O)Cc2cc(-c3ccc(Cl)cc3)c(C)cc2C)(C(=O)O)CC1. The topological polar surface area (TPSA) is 75.6 Å². The lowest BCUT2D eigenvalue weighted by Gasteiger charge is -2.37. The predicted octanol–water partition coefficient (Wildman–Crippen LogP) is 4.69. The van der Waals surface area contributed by atoms with Crippen LogP contribution in [0.5, 0.6) is 0 Å². The predicted molar refractivity (Wildman–Crippen MR) is 118 cm³/mol. The maximum atomic E-state index is 12.8. The fourth-order valence-electron chi connectivity index (χ4n) is 4.22. The number of hydrogen-bond acceptors (Lipinski definition) is 3. The zero-order valence-corrected chi connectivity index (χ0v) is 18.4. The summed E-state index contributed by atoms with van der Waals surface area (Å²) < 4.78 is 5.34. The fraction of sp³-hybridized carbons (Fsp3) is 0.417. The van der Waals surface area contributed by atoms with Crippen molar-refractivity contribution in [2.75, 3.05) is 7.11 Å². The van der Waals surface area contributed by atoms with E-state index in [1.165, 1.54) is 0 Å². The minimum absolute atomic E-state index is 0.0515. The van der Waals surface area contributed by atoms with Crippen molar-refractivity contribution >= 4 is 23.5 Å². The molecule has 6 heteroatoms. The second-order valence-corrected chi connectivity index (χ2v) is 8.58. The lowest BCUT2D eigenvalue weighted by Crippen LogP contribution is -2.57. The van der Waals surface area contributed by atoms with Crippen molar-refractivity contribution in [1.29, 1.82) is 0 Å². The van der Waals surface area contributed by atoms with Crippen LogP contribution in [-0.4, -0.2) is 35.7 Å². The Morgan fingerprint density at radius 2 is 1.77 bits per heavy atom. The van der Waals surface area contributed by atoms with Crippen LogP contribution in [0.1, 0.15) is 42.4 Å². The molecule has 1 aliphatic carbocycles. The number of amides is 1. The highest BCUT2D eigenvalue weighted by atomic mass is 35.5. The Morgan fingerprint density at radius 3 is 2.33 bits per heavy atom. The van der Waals surface area contributed by atoms with Gasteiger partial charge >= 0.3 is 5.97 Å². The van der Waals surface area contributed by atoms with Crippen LogP contribution in [0.15, 0.2) is 36.4 Å². The van der Waals surface area contributed by atoms with Gasteiger partial charge in [-0.15, -0.1) is 0 Å². The van der Waals surface area contributed by atoms with E-state index in [0.29, 0.717) is 30.7 Å². The monoisotopic (exact) mass is 429 g/mol. The fourth-order valence-corrected chi connectivity index (χ4v) is 4.35. The summed E-state index contributed by atoms with van der Waals surface area (Å²) in [6, 6.07) is 11.7. The van der Waals surface area contributed by atoms with Gasteiger partial charge in [-0.1, -0.05) is 35.9 Å². The Labute approximate surface area is 182 Å². The van der Waals surface area contributed by atoms with E-state index in [-0.39, 0.29) is 18.4 Å². The Hall–Kier alpha value is -2.37. The highest BCUT2D eigenvalue weighted by molar-refractivity contribution is 6.30. The number of carbonyl (C=O) groups is 2. The van der Waals surface area contributed by atoms with Gasteiger partial charge in [0.2, 0.25) is 5.91 Å². The standard InChI is InChI=1S/C24H28ClNO4/c1-15-12-16(2)21(17-4-6-19(25)7-5-17)13-18(15)14-22(27)26-24(23(28)29)10-8-20(30-3)9-11-24/h4-7,12-13,20H,8-11,14H2,1-3H3,(H,26,27)(H,28,29). The van der Waals surface area contributed by atoms with Crippen LogP contribution >= 0.6 is 11.6 Å². The number of aryl methyl sites for hydroxylation is 2. The van der Waals surface area contributed by atoms with Gasteiger partial charge in [0.15, 0.2) is 0 Å². The zero-order valence-electron chi connectivity index (χ0n) is 17.6. The number of hydrogen-bond donors (Lipinski definition) is 2. The number of carboxylic acid groups (broad SMARTS) is 1. The Bertz CT molecular complexity index is 931. The number of halogens is 1. The zero-order chi connectivity index (χ0) is 21.9. The van der Waals surface area contributed by atoms with E-state index in [2.05, 4.69) is 11.4 Å². The molecule has 2 aromatic rings. The molecule has 1 aliphatic rings. The Kier molecular flexibility index (Phi) is 6.84. The summed E-state index contributed by atoms with van der Waals surface area (Å²) in [5.74, 6) is -1.25. The van der Waals surface area contributed by atoms with E-state index < -0.39 is 11.5 Å². The summed E-state index contributed by atoms with van der Waals surface area (Å²) in [7, 11) is 1.63. The molecule has 3 rings (SSSR count). The molecule has 0 spiro atoms. The summed E-state index contributed by atoms with van der Waals surface area (Å²) in [6.45, 7) is 4.01. The first-order chi connectivity index (χ1) is 14.2. The van der Waals surface area contributed by atoms with Gasteiger partial charge in [0.1, 0.15) is 5.54 Å². The third-order valence-electron chi connectivity index (χ3n) is 6.10. The van der Waals surface area contributed by atoms with Crippen LogP contribution in [0, 0.1) is 13.8 Å². The number of carboxylic acids is 1. The van der Waals surface area contributed by atoms with Gasteiger partial charge in [0.05, 0.1) is 12.5 Å². The van der Waals surface area contributed by atoms with Gasteiger partial charge in [-0.25, -0.2) is 4.79 Å². The van der Waals surface area contributed by atoms with Gasteiger partial charge in [-0.2, -0.15) is 0 Å². The molecule has 1 amide bonds. The Morgan fingerprint density at radius 1 is 1.13 bits per heavy atom. The normalized spacial score (nSPS) is 21.3. The van der Waals surface area contributed by atoms with Crippen molar-refractivity contribution in [3.05, 3.63) is 58.1 Å². The first-order valence-corrected chi connectivity index (χ1v) is 10.5. The molecule has 0 saturated heterocycles. The summed E-state index contributed by atoms with van der Waals surface area (Å²) in [5, 5.41) is 13.3. The molecule has 2 aromatic carbocycles. The molecule has 0 bridgehead atoms. The summed E-state index contributed by atoms with van der Waals surface area (Å²) >= 11 is 6.01. The van der Waals surface area contributed by atoms with Crippen molar-refractivity contribution in [1.82, 2.24) is 5.32 Å². The molecule has 30 heavy (non-hydrogen) atoms. The lowest BCUT2D eigenvalue weighted by atomic mass is 9.80. The molecule has 1 saturated carbocycles. The van der Waals surface area contributed by atoms with Crippen molar-refractivity contribution in [2.24, 2.45) is 0 Å². The quantitative estimate of drug-likeness (QED) is 0.698. The van der Waals surface area contributed by atoms with E-state index in [0.717, 1.165) is 27.8 Å². The third-order valence-corrected chi connectivity index (χ3v) is 6.35. The number of carbonyl (C=O) groups excluding carboxylic acids is 1. The molecular weight excluding hydrogens is 402 g/mol. The van der Waals surface area contributed by atoms with Gasteiger partial charge in [0.25, 0.3) is 0 Å². The lowest BCUT2D eigenvalue weighted by molar-refractivity contribution is -0.150. The highest BCUT2D eigenvalue weighted by Gasteiger charge is 2.43. The van der Waals surface area contributed by atoms with Gasteiger partial charge in [-0.05, 0) is 79.5 Å². The molecule has 0 radical (unpaired) electrons. The van der Waals surface area contributed by atoms with Crippen molar-refractivity contribution in [3.8, 4) is 11.1 Å². The number of rotatable bonds is 6. The smallest absolute Gasteiger partial charge is 0.329 e. The maximum Gasteiger partial charge on any atom is 0.329 e. The minimum Gasteiger partial charge on any atom is -0.480 e. The molecule has 160 valence electrons. The average Bonchev–Trinajstić information content (AvgIpc) is 2.71. The van der Waals surface area contributed by atoms with E-state index in [9.17, 15) is 14.7 Å². The van der Waals surface area contributed by atoms with E-state index >= 15 is 0 Å². The van der Waals surface area contributed by atoms with E-state index in [1.807, 2.05) is 44.2 Å². The third kappa shape index (κ3) is 4.85. The first-order valence-electron chi connectivity index (χ1n) is 10.2. The Balaban J connectivity index is 1.80. The molecule has 2 N–H and O–H groups in total. The van der Waals surface area contributed by atoms with Crippen LogP contribution in [0.3, 0.4) is 0 Å². The maximum absolute atomic E-state index is 12.8. The van der Waals surface area contributed by atoms with Crippen LogP contribution in [0.4, 0.5) is 0 Å². The summed E-state index contributed by atoms with van der Waals surface area (Å²) in [4.78, 5) is 24.8. The second-order valence-electron chi connectivity index (χ2n) is 8.15. The van der Waals surface area contributed by atoms with Gasteiger partial charge < -0.3 is 15.2 Å². The molecule has 0 heterocycles. The van der Waals surface area contributed by atoms with Crippen LogP contribution in [0.25, 0.3) is 11.1 Å². The first kappa shape index (κ1) is 22.3. The van der Waals surface area contributed by atoms with Crippen molar-refractivity contribution < 1.29 is 19.4 Å². The molecule has 0 unspecified atom stereocenters. The van der Waals surface area contributed by atoms with Crippen LogP contribution in [-0.2, 0) is 20.7 Å². The van der Waals surface area contributed by atoms with Crippen molar-refractivity contribution in [3.63, 3.8) is 0 Å². The minimum atomic E-state index is -1.22. The van der Waals surface area contributed by atoms with E-state index in [1.54, 1.807) is 7.11 Å². The van der Waals surface area contributed by atoms with Gasteiger partial charge in [-0.3, -0.25) is 4.79 Å². The summed E-state index contributed by atoms with van der Waals surface area (Å²) in [6.07, 6.45) is 2.16. The molecule has 5 nitrogen and oxygen atoms in total. The highest BCUT2D eigenvalue weighted by Crippen LogP contribution is 2.31. The molecule has 0 aliphatic heterocycles. The number of aliphatic carboxylic acids is 1. The van der Waals surface area contributed by atoms with Crippen LogP contribution < -0.4 is 5.32 Å². The largest absolute Gasteiger partial charge is 0.480 e. The number of nitrogens with one attached hydrogen (secondary N) is 1. The molecular formula is C24H28ClNO4. The number of ether oxygens (including phenoxy) is 1. The second kappa shape index (κ2) is 9.19. The molecule has 1 fully saturated rings. The van der Waals surface area contributed by atoms with E-state index in [4.69, 9.17) is 16.3 Å². The van der Waals surface area contributed by atoms with Crippen molar-refractivity contribution in [2.45, 2.75) is 57.6 Å².